The van der Waals surface area contributed by atoms with E-state index >= 15 is 0 Å². The Balaban J connectivity index is 1.92. The summed E-state index contributed by atoms with van der Waals surface area (Å²) in [6.45, 7) is 2.40. The molecular weight excluding hydrogens is 312 g/mol. The van der Waals surface area contributed by atoms with Gasteiger partial charge in [0.25, 0.3) is 0 Å². The van der Waals surface area contributed by atoms with Crippen LogP contribution in [0.4, 0.5) is 5.69 Å². The lowest BCUT2D eigenvalue weighted by molar-refractivity contribution is -0.133. The second-order valence-corrected chi connectivity index (χ2v) is 5.98. The summed E-state index contributed by atoms with van der Waals surface area (Å²) in [7, 11) is 1.57. The van der Waals surface area contributed by atoms with Crippen molar-refractivity contribution in [1.29, 1.82) is 0 Å². The molecule has 0 aliphatic rings. The summed E-state index contributed by atoms with van der Waals surface area (Å²) < 4.78 is 5.12. The molecule has 0 bridgehead atoms. The standard InChI is InChI=1S/C17H20N2O3S/c1-3-19(17(21)11-15-8-5-9-23-15)12-16(20)18-13-6-4-7-14(10-13)22-2/h4-10H,3,11-12H2,1-2H3,(H,18,20). The lowest BCUT2D eigenvalue weighted by atomic mass is 10.3. The van der Waals surface area contributed by atoms with Crippen LogP contribution < -0.4 is 10.1 Å². The number of ether oxygens (including phenoxy) is 1. The van der Waals surface area contributed by atoms with Crippen molar-refractivity contribution in [2.75, 3.05) is 25.5 Å². The van der Waals surface area contributed by atoms with Crippen molar-refractivity contribution < 1.29 is 14.3 Å². The minimum Gasteiger partial charge on any atom is -0.497 e. The minimum atomic E-state index is -0.223. The fourth-order valence-corrected chi connectivity index (χ4v) is 2.82. The largest absolute Gasteiger partial charge is 0.497 e. The van der Waals surface area contributed by atoms with Gasteiger partial charge in [-0.05, 0) is 30.5 Å². The first-order valence-electron chi connectivity index (χ1n) is 7.36. The van der Waals surface area contributed by atoms with E-state index < -0.39 is 0 Å². The number of hydrogen-bond donors (Lipinski definition) is 1. The van der Waals surface area contributed by atoms with Crippen molar-refractivity contribution in [3.05, 3.63) is 46.7 Å². The van der Waals surface area contributed by atoms with Crippen LogP contribution in [-0.2, 0) is 16.0 Å². The van der Waals surface area contributed by atoms with Gasteiger partial charge >= 0.3 is 0 Å². The number of methoxy groups -OCH3 is 1. The van der Waals surface area contributed by atoms with Crippen LogP contribution in [0.1, 0.15) is 11.8 Å². The molecule has 122 valence electrons. The molecule has 6 heteroatoms. The molecule has 0 aliphatic heterocycles. The van der Waals surface area contributed by atoms with Crippen molar-refractivity contribution in [3.8, 4) is 5.75 Å². The lowest BCUT2D eigenvalue weighted by Crippen LogP contribution is -2.38. The van der Waals surface area contributed by atoms with E-state index in [-0.39, 0.29) is 18.4 Å². The van der Waals surface area contributed by atoms with E-state index in [1.807, 2.05) is 24.4 Å². The molecule has 23 heavy (non-hydrogen) atoms. The zero-order chi connectivity index (χ0) is 16.7. The van der Waals surface area contributed by atoms with E-state index in [9.17, 15) is 9.59 Å². The van der Waals surface area contributed by atoms with Crippen molar-refractivity contribution in [2.24, 2.45) is 0 Å². The molecule has 0 saturated carbocycles. The molecule has 1 N–H and O–H groups in total. The quantitative estimate of drug-likeness (QED) is 0.848. The molecule has 0 atom stereocenters. The zero-order valence-electron chi connectivity index (χ0n) is 13.2. The molecule has 0 fully saturated rings. The van der Waals surface area contributed by atoms with Gasteiger partial charge in [-0.3, -0.25) is 9.59 Å². The third-order valence-corrected chi connectivity index (χ3v) is 4.20. The van der Waals surface area contributed by atoms with E-state index in [4.69, 9.17) is 4.74 Å². The smallest absolute Gasteiger partial charge is 0.243 e. The number of anilines is 1. The molecule has 0 radical (unpaired) electrons. The number of carbonyl (C=O) groups is 2. The summed E-state index contributed by atoms with van der Waals surface area (Å²) in [6, 6.07) is 11.0. The molecule has 1 heterocycles. The summed E-state index contributed by atoms with van der Waals surface area (Å²) in [6.07, 6.45) is 0.331. The first-order valence-corrected chi connectivity index (χ1v) is 8.24. The van der Waals surface area contributed by atoms with E-state index in [2.05, 4.69) is 5.32 Å². The molecule has 1 aromatic carbocycles. The number of amides is 2. The maximum atomic E-state index is 12.3. The average molecular weight is 332 g/mol. The topological polar surface area (TPSA) is 58.6 Å². The molecule has 2 rings (SSSR count). The van der Waals surface area contributed by atoms with Crippen LogP contribution in [0, 0.1) is 0 Å². The van der Waals surface area contributed by atoms with Crippen LogP contribution in [0.2, 0.25) is 0 Å². The van der Waals surface area contributed by atoms with Gasteiger partial charge in [0, 0.05) is 23.2 Å². The highest BCUT2D eigenvalue weighted by atomic mass is 32.1. The summed E-state index contributed by atoms with van der Waals surface area (Å²) >= 11 is 1.54. The van der Waals surface area contributed by atoms with Crippen LogP contribution in [0.3, 0.4) is 0 Å². The third kappa shape index (κ3) is 5.10. The number of thiophene rings is 1. The number of nitrogens with zero attached hydrogens (tertiary/aromatic N) is 1. The summed E-state index contributed by atoms with van der Waals surface area (Å²) in [5.74, 6) is 0.402. The van der Waals surface area contributed by atoms with Crippen molar-refractivity contribution in [2.45, 2.75) is 13.3 Å². The van der Waals surface area contributed by atoms with E-state index in [0.29, 0.717) is 24.4 Å². The number of carbonyl (C=O) groups excluding carboxylic acids is 2. The van der Waals surface area contributed by atoms with Crippen LogP contribution in [0.15, 0.2) is 41.8 Å². The Bertz CT molecular complexity index is 656. The van der Waals surface area contributed by atoms with Gasteiger partial charge in [-0.1, -0.05) is 12.1 Å². The summed E-state index contributed by atoms with van der Waals surface area (Å²) in [5.41, 5.74) is 0.649. The average Bonchev–Trinajstić information content (AvgIpc) is 3.05. The SMILES string of the molecule is CCN(CC(=O)Nc1cccc(OC)c1)C(=O)Cc1cccs1. The van der Waals surface area contributed by atoms with Gasteiger partial charge in [-0.15, -0.1) is 11.3 Å². The van der Waals surface area contributed by atoms with Crippen LogP contribution in [0.25, 0.3) is 0 Å². The molecule has 2 aromatic rings. The van der Waals surface area contributed by atoms with E-state index in [1.54, 1.807) is 47.6 Å². The van der Waals surface area contributed by atoms with Gasteiger partial charge in [-0.2, -0.15) is 0 Å². The highest BCUT2D eigenvalue weighted by molar-refractivity contribution is 7.10. The minimum absolute atomic E-state index is 0.0396. The van der Waals surface area contributed by atoms with E-state index in [1.165, 1.54) is 0 Å². The number of likely N-dealkylation sites (N-methyl/N-ethyl adjacent to an activating group) is 1. The molecule has 1 aromatic heterocycles. The second-order valence-electron chi connectivity index (χ2n) is 4.94. The first-order chi connectivity index (χ1) is 11.1. The van der Waals surface area contributed by atoms with Crippen molar-refractivity contribution in [3.63, 3.8) is 0 Å². The molecule has 0 spiro atoms. The molecule has 5 nitrogen and oxygen atoms in total. The van der Waals surface area contributed by atoms with Crippen LogP contribution in [0.5, 0.6) is 5.75 Å². The first kappa shape index (κ1) is 17.0. The number of rotatable bonds is 7. The van der Waals surface area contributed by atoms with E-state index in [0.717, 1.165) is 4.88 Å². The van der Waals surface area contributed by atoms with Gasteiger partial charge < -0.3 is 15.0 Å². The van der Waals surface area contributed by atoms with Gasteiger partial charge in [0.2, 0.25) is 11.8 Å². The third-order valence-electron chi connectivity index (χ3n) is 3.33. The zero-order valence-corrected chi connectivity index (χ0v) is 14.1. The highest BCUT2D eigenvalue weighted by Gasteiger charge is 2.16. The summed E-state index contributed by atoms with van der Waals surface area (Å²) in [5, 5.41) is 4.72. The second kappa shape index (κ2) is 8.33. The molecule has 0 aliphatic carbocycles. The maximum Gasteiger partial charge on any atom is 0.243 e. The van der Waals surface area contributed by atoms with Gasteiger partial charge in [-0.25, -0.2) is 0 Å². The normalized spacial score (nSPS) is 10.2. The Labute approximate surface area is 139 Å². The monoisotopic (exact) mass is 332 g/mol. The fraction of sp³-hybridized carbons (Fsp3) is 0.294. The fourth-order valence-electron chi connectivity index (χ4n) is 2.13. The molecule has 0 saturated heterocycles. The number of hydrogen-bond acceptors (Lipinski definition) is 4. The Morgan fingerprint density at radius 1 is 1.26 bits per heavy atom. The van der Waals surface area contributed by atoms with Gasteiger partial charge in [0.05, 0.1) is 20.1 Å². The summed E-state index contributed by atoms with van der Waals surface area (Å²) in [4.78, 5) is 27.0. The lowest BCUT2D eigenvalue weighted by Gasteiger charge is -2.20. The Kier molecular flexibility index (Phi) is 6.17. The Hall–Kier alpha value is -2.34. The highest BCUT2D eigenvalue weighted by Crippen LogP contribution is 2.16. The molecular formula is C17H20N2O3S. The van der Waals surface area contributed by atoms with Gasteiger partial charge in [0.15, 0.2) is 0 Å². The molecule has 0 unspecified atom stereocenters. The predicted molar refractivity (Wildman–Crippen MR) is 91.9 cm³/mol. The maximum absolute atomic E-state index is 12.3. The van der Waals surface area contributed by atoms with Crippen molar-refractivity contribution in [1.82, 2.24) is 4.90 Å². The Morgan fingerprint density at radius 2 is 2.09 bits per heavy atom. The van der Waals surface area contributed by atoms with Crippen molar-refractivity contribution >= 4 is 28.8 Å². The number of benzene rings is 1. The Morgan fingerprint density at radius 3 is 2.74 bits per heavy atom. The van der Waals surface area contributed by atoms with Crippen LogP contribution in [-0.4, -0.2) is 36.9 Å². The van der Waals surface area contributed by atoms with Gasteiger partial charge in [0.1, 0.15) is 5.75 Å². The predicted octanol–water partition coefficient (Wildman–Crippen LogP) is 2.79. The van der Waals surface area contributed by atoms with Crippen LogP contribution >= 0.6 is 11.3 Å². The molecule has 2 amide bonds. The number of nitrogens with one attached hydrogen (secondary N) is 1.